The Kier molecular flexibility index (Phi) is 10.6. The molecule has 7 nitrogen and oxygen atoms in total. The molecule has 10 heteroatoms. The third-order valence-corrected chi connectivity index (χ3v) is 9.07. The average Bonchev–Trinajstić information content (AvgIpc) is 2.91. The van der Waals surface area contributed by atoms with Gasteiger partial charge in [0.1, 0.15) is 12.6 Å². The Balaban J connectivity index is 2.02. The zero-order chi connectivity index (χ0) is 27.9. The summed E-state index contributed by atoms with van der Waals surface area (Å²) in [5, 5.41) is 3.36. The number of carbonyl (C=O) groups excluding carboxylic acids is 2. The van der Waals surface area contributed by atoms with Crippen LogP contribution in [0.1, 0.15) is 32.8 Å². The van der Waals surface area contributed by atoms with E-state index >= 15 is 0 Å². The average molecular weight is 668 g/mol. The summed E-state index contributed by atoms with van der Waals surface area (Å²) < 4.78 is 29.5. The van der Waals surface area contributed by atoms with E-state index in [2.05, 4.69) is 27.9 Å². The number of sulfonamides is 1. The lowest BCUT2D eigenvalue weighted by Crippen LogP contribution is -2.52. The molecule has 3 aromatic rings. The third-order valence-electron chi connectivity index (χ3n) is 6.19. The molecule has 3 rings (SSSR count). The van der Waals surface area contributed by atoms with Crippen LogP contribution in [0.4, 0.5) is 5.69 Å². The Morgan fingerprint density at radius 2 is 1.55 bits per heavy atom. The van der Waals surface area contributed by atoms with E-state index in [1.54, 1.807) is 73.7 Å². The van der Waals surface area contributed by atoms with Gasteiger partial charge in [-0.15, -0.1) is 0 Å². The number of carbonyl (C=O) groups is 2. The highest BCUT2D eigenvalue weighted by molar-refractivity contribution is 14.1. The van der Waals surface area contributed by atoms with Gasteiger partial charge in [0.05, 0.1) is 10.6 Å². The number of nitrogens with one attached hydrogen (secondary N) is 1. The van der Waals surface area contributed by atoms with Crippen LogP contribution in [0.3, 0.4) is 0 Å². The minimum atomic E-state index is -4.09. The van der Waals surface area contributed by atoms with Crippen molar-refractivity contribution in [3.63, 3.8) is 0 Å². The standard InChI is InChI=1S/C28H31ClIN3O4S/c1-4-20(2)31-28(35)21(3)32(18-22-10-8-9-13-26(22)29)27(34)19-33(24-16-14-23(30)15-17-24)38(36,37)25-11-6-5-7-12-25/h5-17,20-21H,4,18-19H2,1-3H3,(H,31,35). The molecule has 0 aliphatic heterocycles. The maximum Gasteiger partial charge on any atom is 0.264 e. The van der Waals surface area contributed by atoms with Crippen LogP contribution in [0, 0.1) is 3.57 Å². The second-order valence-electron chi connectivity index (χ2n) is 8.91. The second kappa shape index (κ2) is 13.4. The van der Waals surface area contributed by atoms with Crippen LogP contribution in [0.15, 0.2) is 83.8 Å². The highest BCUT2D eigenvalue weighted by Crippen LogP contribution is 2.26. The molecule has 0 heterocycles. The molecule has 2 amide bonds. The van der Waals surface area contributed by atoms with E-state index in [-0.39, 0.29) is 23.4 Å². The maximum atomic E-state index is 13.9. The topological polar surface area (TPSA) is 86.8 Å². The molecule has 38 heavy (non-hydrogen) atoms. The lowest BCUT2D eigenvalue weighted by molar-refractivity contribution is -0.139. The first-order chi connectivity index (χ1) is 18.0. The number of rotatable bonds is 11. The van der Waals surface area contributed by atoms with Crippen molar-refractivity contribution in [3.05, 3.63) is 93.0 Å². The van der Waals surface area contributed by atoms with Crippen molar-refractivity contribution in [2.75, 3.05) is 10.8 Å². The van der Waals surface area contributed by atoms with Gasteiger partial charge in [-0.05, 0) is 90.9 Å². The van der Waals surface area contributed by atoms with E-state index < -0.39 is 28.5 Å². The lowest BCUT2D eigenvalue weighted by atomic mass is 10.1. The number of nitrogens with zero attached hydrogens (tertiary/aromatic N) is 2. The first kappa shape index (κ1) is 29.9. The molecule has 0 saturated carbocycles. The summed E-state index contributed by atoms with van der Waals surface area (Å²) in [5.74, 6) is -0.860. The van der Waals surface area contributed by atoms with E-state index in [1.807, 2.05) is 13.8 Å². The van der Waals surface area contributed by atoms with Crippen molar-refractivity contribution in [2.24, 2.45) is 0 Å². The highest BCUT2D eigenvalue weighted by atomic mass is 127. The molecule has 3 aromatic carbocycles. The Morgan fingerprint density at radius 1 is 0.947 bits per heavy atom. The molecule has 0 aromatic heterocycles. The molecule has 2 unspecified atom stereocenters. The fraction of sp³-hybridized carbons (Fsp3) is 0.286. The highest BCUT2D eigenvalue weighted by Gasteiger charge is 2.33. The predicted octanol–water partition coefficient (Wildman–Crippen LogP) is 5.47. The van der Waals surface area contributed by atoms with E-state index in [4.69, 9.17) is 11.6 Å². The zero-order valence-corrected chi connectivity index (χ0v) is 25.2. The molecule has 2 atom stereocenters. The largest absolute Gasteiger partial charge is 0.352 e. The van der Waals surface area contributed by atoms with Crippen LogP contribution in [-0.2, 0) is 26.2 Å². The smallest absolute Gasteiger partial charge is 0.264 e. The molecule has 0 spiro atoms. The number of anilines is 1. The van der Waals surface area contributed by atoms with Gasteiger partial charge in [0.25, 0.3) is 10.0 Å². The Morgan fingerprint density at radius 3 is 2.16 bits per heavy atom. The molecule has 0 fully saturated rings. The molecule has 202 valence electrons. The SMILES string of the molecule is CCC(C)NC(=O)C(C)N(Cc1ccccc1Cl)C(=O)CN(c1ccc(I)cc1)S(=O)(=O)c1ccccc1. The van der Waals surface area contributed by atoms with Crippen molar-refractivity contribution < 1.29 is 18.0 Å². The molecular weight excluding hydrogens is 637 g/mol. The van der Waals surface area contributed by atoms with Gasteiger partial charge in [-0.3, -0.25) is 13.9 Å². The molecule has 0 bridgehead atoms. The first-order valence-electron chi connectivity index (χ1n) is 12.2. The normalized spacial score (nSPS) is 12.9. The van der Waals surface area contributed by atoms with Crippen LogP contribution < -0.4 is 9.62 Å². The van der Waals surface area contributed by atoms with Gasteiger partial charge in [0.15, 0.2) is 0 Å². The fourth-order valence-corrected chi connectivity index (χ4v) is 5.70. The number of amides is 2. The van der Waals surface area contributed by atoms with Gasteiger partial charge in [-0.1, -0.05) is 54.9 Å². The van der Waals surface area contributed by atoms with Gasteiger partial charge in [-0.2, -0.15) is 0 Å². The molecule has 0 aliphatic carbocycles. The fourth-order valence-electron chi connectivity index (χ4n) is 3.71. The zero-order valence-electron chi connectivity index (χ0n) is 21.5. The van der Waals surface area contributed by atoms with Crippen molar-refractivity contribution in [2.45, 2.75) is 50.7 Å². The van der Waals surface area contributed by atoms with E-state index in [0.717, 1.165) is 14.3 Å². The molecule has 0 radical (unpaired) electrons. The summed E-state index contributed by atoms with van der Waals surface area (Å²) in [6.45, 7) is 5.02. The van der Waals surface area contributed by atoms with Crippen LogP contribution in [-0.4, -0.2) is 43.8 Å². The third kappa shape index (κ3) is 7.48. The summed E-state index contributed by atoms with van der Waals surface area (Å²) in [6, 6.07) is 20.9. The Hall–Kier alpha value is -2.63. The number of hydrogen-bond donors (Lipinski definition) is 1. The molecule has 0 saturated heterocycles. The minimum absolute atomic E-state index is 0.0412. The van der Waals surface area contributed by atoms with Crippen LogP contribution in [0.5, 0.6) is 0 Å². The number of halogens is 2. The van der Waals surface area contributed by atoms with Crippen LogP contribution in [0.25, 0.3) is 0 Å². The van der Waals surface area contributed by atoms with Crippen molar-refractivity contribution in [1.82, 2.24) is 10.2 Å². The number of hydrogen-bond acceptors (Lipinski definition) is 4. The Labute approximate surface area is 243 Å². The molecule has 1 N–H and O–H groups in total. The number of benzene rings is 3. The van der Waals surface area contributed by atoms with Crippen molar-refractivity contribution in [1.29, 1.82) is 0 Å². The predicted molar refractivity (Wildman–Crippen MR) is 159 cm³/mol. The minimum Gasteiger partial charge on any atom is -0.352 e. The molecular formula is C28H31ClIN3O4S. The lowest BCUT2D eigenvalue weighted by Gasteiger charge is -2.32. The summed E-state index contributed by atoms with van der Waals surface area (Å²) in [7, 11) is -4.09. The van der Waals surface area contributed by atoms with E-state index in [9.17, 15) is 18.0 Å². The van der Waals surface area contributed by atoms with Gasteiger partial charge in [0, 0.05) is 21.2 Å². The summed E-state index contributed by atoms with van der Waals surface area (Å²) >= 11 is 8.52. The van der Waals surface area contributed by atoms with Gasteiger partial charge < -0.3 is 10.2 Å². The first-order valence-corrected chi connectivity index (χ1v) is 15.1. The van der Waals surface area contributed by atoms with E-state index in [0.29, 0.717) is 16.3 Å². The quantitative estimate of drug-likeness (QED) is 0.275. The van der Waals surface area contributed by atoms with Crippen molar-refractivity contribution in [3.8, 4) is 0 Å². The maximum absolute atomic E-state index is 13.9. The monoisotopic (exact) mass is 667 g/mol. The molecule has 0 aliphatic rings. The second-order valence-corrected chi connectivity index (χ2v) is 12.4. The van der Waals surface area contributed by atoms with Crippen molar-refractivity contribution >= 4 is 61.7 Å². The summed E-state index contributed by atoms with van der Waals surface area (Å²) in [6.07, 6.45) is 0.729. The van der Waals surface area contributed by atoms with Crippen LogP contribution in [0.2, 0.25) is 5.02 Å². The Bertz CT molecular complexity index is 1350. The summed E-state index contributed by atoms with van der Waals surface area (Å²) in [4.78, 5) is 28.4. The van der Waals surface area contributed by atoms with E-state index in [1.165, 1.54) is 17.0 Å². The van der Waals surface area contributed by atoms with Crippen LogP contribution >= 0.6 is 34.2 Å². The summed E-state index contributed by atoms with van der Waals surface area (Å²) in [5.41, 5.74) is 0.995. The van der Waals surface area contributed by atoms with Gasteiger partial charge >= 0.3 is 0 Å². The van der Waals surface area contributed by atoms with Gasteiger partial charge in [-0.25, -0.2) is 8.42 Å². The van der Waals surface area contributed by atoms with Gasteiger partial charge in [0.2, 0.25) is 11.8 Å².